The lowest BCUT2D eigenvalue weighted by molar-refractivity contribution is 0.533. The van der Waals surface area contributed by atoms with Crippen molar-refractivity contribution in [2.45, 2.75) is 31.2 Å². The quantitative estimate of drug-likeness (QED) is 0.945. The Hall–Kier alpha value is -1.60. The van der Waals surface area contributed by atoms with E-state index in [1.807, 2.05) is 20.8 Å². The van der Waals surface area contributed by atoms with Crippen LogP contribution in [0.3, 0.4) is 0 Å². The van der Waals surface area contributed by atoms with Gasteiger partial charge < -0.3 is 5.73 Å². The number of anilines is 2. The Morgan fingerprint density at radius 2 is 1.80 bits per heavy atom. The monoisotopic (exact) mass is 311 g/mol. The molecular formula is C13H17N3O2S2. The number of benzene rings is 1. The van der Waals surface area contributed by atoms with Gasteiger partial charge in [0.1, 0.15) is 0 Å². The molecule has 0 amide bonds. The number of hydrogen-bond donors (Lipinski definition) is 1. The van der Waals surface area contributed by atoms with E-state index in [4.69, 9.17) is 5.73 Å². The molecule has 0 bridgehead atoms. The molecule has 1 heterocycles. The summed E-state index contributed by atoms with van der Waals surface area (Å²) in [5, 5.41) is 2.00. The molecule has 2 rings (SSSR count). The van der Waals surface area contributed by atoms with Crippen LogP contribution in [0.2, 0.25) is 0 Å². The third-order valence-electron chi connectivity index (χ3n) is 2.61. The summed E-state index contributed by atoms with van der Waals surface area (Å²) in [6.07, 6.45) is 0. The van der Waals surface area contributed by atoms with Crippen molar-refractivity contribution < 1.29 is 8.42 Å². The van der Waals surface area contributed by atoms with Crippen LogP contribution in [-0.4, -0.2) is 18.9 Å². The van der Waals surface area contributed by atoms with Crippen molar-refractivity contribution in [3.8, 4) is 0 Å². The van der Waals surface area contributed by atoms with E-state index in [-0.39, 0.29) is 4.90 Å². The summed E-state index contributed by atoms with van der Waals surface area (Å²) in [6.45, 7) is 5.47. The number of rotatable bonds is 3. The molecule has 0 aliphatic heterocycles. The molecule has 2 N–H and O–H groups in total. The van der Waals surface area contributed by atoms with E-state index in [0.29, 0.717) is 10.9 Å². The Balaban J connectivity index is 2.59. The summed E-state index contributed by atoms with van der Waals surface area (Å²) in [5.74, 6) is 0.351. The number of aromatic nitrogens is 1. The number of nitrogens with zero attached hydrogens (tertiary/aromatic N) is 2. The van der Waals surface area contributed by atoms with Gasteiger partial charge in [0.15, 0.2) is 10.9 Å². The minimum absolute atomic E-state index is 0.237. The minimum atomic E-state index is -3.68. The zero-order valence-electron chi connectivity index (χ0n) is 11.6. The van der Waals surface area contributed by atoms with Crippen molar-refractivity contribution in [1.29, 1.82) is 0 Å². The highest BCUT2D eigenvalue weighted by molar-refractivity contribution is 7.92. The Bertz CT molecular complexity index is 688. The third kappa shape index (κ3) is 2.78. The maximum absolute atomic E-state index is 12.8. The van der Waals surface area contributed by atoms with Crippen LogP contribution < -0.4 is 10.0 Å². The van der Waals surface area contributed by atoms with Gasteiger partial charge in [-0.05, 0) is 32.9 Å². The van der Waals surface area contributed by atoms with Crippen LogP contribution >= 0.6 is 11.3 Å². The van der Waals surface area contributed by atoms with E-state index >= 15 is 0 Å². The van der Waals surface area contributed by atoms with Crippen molar-refractivity contribution in [3.05, 3.63) is 35.7 Å². The number of nitrogens with two attached hydrogens (primary N) is 1. The first-order valence-corrected chi connectivity index (χ1v) is 8.36. The number of sulfonamides is 1. The molecule has 0 unspecified atom stereocenters. The van der Waals surface area contributed by atoms with E-state index in [2.05, 4.69) is 4.98 Å². The maximum atomic E-state index is 12.8. The molecule has 0 fully saturated rings. The number of nitrogen functional groups attached to an aromatic ring is 1. The molecule has 0 atom stereocenters. The highest BCUT2D eigenvalue weighted by Crippen LogP contribution is 2.32. The van der Waals surface area contributed by atoms with Crippen LogP contribution in [-0.2, 0) is 10.0 Å². The average Bonchev–Trinajstić information content (AvgIpc) is 2.74. The summed E-state index contributed by atoms with van der Waals surface area (Å²) < 4.78 is 27.0. The van der Waals surface area contributed by atoms with Crippen LogP contribution in [0.5, 0.6) is 0 Å². The van der Waals surface area contributed by atoms with Crippen molar-refractivity contribution in [2.24, 2.45) is 0 Å². The average molecular weight is 311 g/mol. The fourth-order valence-electron chi connectivity index (χ4n) is 1.90. The van der Waals surface area contributed by atoms with Crippen LogP contribution in [0.1, 0.15) is 20.8 Å². The van der Waals surface area contributed by atoms with E-state index < -0.39 is 15.6 Å². The molecule has 0 saturated heterocycles. The second kappa shape index (κ2) is 5.06. The summed E-state index contributed by atoms with van der Waals surface area (Å²) >= 11 is 1.22. The number of thiazole rings is 1. The minimum Gasteiger partial charge on any atom is -0.375 e. The fourth-order valence-corrected chi connectivity index (χ4v) is 4.27. The van der Waals surface area contributed by atoms with Crippen LogP contribution in [0, 0.1) is 0 Å². The lowest BCUT2D eigenvalue weighted by Crippen LogP contribution is -2.46. The highest BCUT2D eigenvalue weighted by atomic mass is 32.2. The second-order valence-corrected chi connectivity index (χ2v) is 7.97. The smallest absolute Gasteiger partial charge is 0.265 e. The maximum Gasteiger partial charge on any atom is 0.265 e. The van der Waals surface area contributed by atoms with Crippen molar-refractivity contribution >= 4 is 32.3 Å². The second-order valence-electron chi connectivity index (χ2n) is 5.30. The molecule has 2 aromatic rings. The Morgan fingerprint density at radius 1 is 1.20 bits per heavy atom. The molecule has 108 valence electrons. The zero-order valence-corrected chi connectivity index (χ0v) is 13.2. The molecule has 0 aliphatic carbocycles. The highest BCUT2D eigenvalue weighted by Gasteiger charge is 2.35. The van der Waals surface area contributed by atoms with Gasteiger partial charge in [0, 0.05) is 10.9 Å². The van der Waals surface area contributed by atoms with E-state index in [1.54, 1.807) is 35.7 Å². The van der Waals surface area contributed by atoms with Gasteiger partial charge in [0.2, 0.25) is 0 Å². The fraction of sp³-hybridized carbons (Fsp3) is 0.308. The van der Waals surface area contributed by atoms with Crippen molar-refractivity contribution in [3.63, 3.8) is 0 Å². The molecule has 5 nitrogen and oxygen atoms in total. The zero-order chi connectivity index (χ0) is 15.0. The van der Waals surface area contributed by atoms with E-state index in [1.165, 1.54) is 15.6 Å². The predicted octanol–water partition coefficient (Wildman–Crippen LogP) is 2.72. The molecule has 7 heteroatoms. The normalized spacial score (nSPS) is 12.3. The van der Waals surface area contributed by atoms with Gasteiger partial charge in [-0.25, -0.2) is 17.7 Å². The lowest BCUT2D eigenvalue weighted by atomic mass is 10.1. The Morgan fingerprint density at radius 3 is 2.25 bits per heavy atom. The molecule has 0 spiro atoms. The predicted molar refractivity (Wildman–Crippen MR) is 82.4 cm³/mol. The van der Waals surface area contributed by atoms with Crippen LogP contribution in [0.15, 0.2) is 40.6 Å². The molecule has 1 aromatic heterocycles. The molecule has 0 radical (unpaired) electrons. The Labute approximate surface area is 123 Å². The van der Waals surface area contributed by atoms with Crippen LogP contribution in [0.25, 0.3) is 0 Å². The van der Waals surface area contributed by atoms with Gasteiger partial charge in [-0.2, -0.15) is 0 Å². The molecule has 20 heavy (non-hydrogen) atoms. The Kier molecular flexibility index (Phi) is 3.75. The first kappa shape index (κ1) is 14.8. The van der Waals surface area contributed by atoms with Crippen LogP contribution in [0.4, 0.5) is 10.9 Å². The van der Waals surface area contributed by atoms with Gasteiger partial charge in [0.25, 0.3) is 10.0 Å². The first-order valence-electron chi connectivity index (χ1n) is 6.04. The van der Waals surface area contributed by atoms with E-state index in [0.717, 1.165) is 0 Å². The molecule has 0 aliphatic rings. The van der Waals surface area contributed by atoms with E-state index in [9.17, 15) is 8.42 Å². The van der Waals surface area contributed by atoms with Crippen molar-refractivity contribution in [2.75, 3.05) is 10.0 Å². The van der Waals surface area contributed by atoms with Gasteiger partial charge in [-0.1, -0.05) is 18.2 Å². The molecule has 1 aromatic carbocycles. The summed E-state index contributed by atoms with van der Waals surface area (Å²) in [6, 6.07) is 8.32. The van der Waals surface area contributed by atoms with Gasteiger partial charge in [-0.15, -0.1) is 11.3 Å². The summed E-state index contributed by atoms with van der Waals surface area (Å²) in [7, 11) is -3.68. The first-order chi connectivity index (χ1) is 9.23. The summed E-state index contributed by atoms with van der Waals surface area (Å²) in [4.78, 5) is 4.35. The van der Waals surface area contributed by atoms with Crippen molar-refractivity contribution in [1.82, 2.24) is 4.98 Å². The topological polar surface area (TPSA) is 76.3 Å². The SMILES string of the molecule is CC(C)(C)N(c1csc(N)n1)S(=O)(=O)c1ccccc1. The summed E-state index contributed by atoms with van der Waals surface area (Å²) in [5.41, 5.74) is 4.98. The molecular weight excluding hydrogens is 294 g/mol. The van der Waals surface area contributed by atoms with Gasteiger partial charge in [-0.3, -0.25) is 0 Å². The largest absolute Gasteiger partial charge is 0.375 e. The standard InChI is InChI=1S/C13H17N3O2S2/c1-13(2,3)16(11-9-19-12(14)15-11)20(17,18)10-7-5-4-6-8-10/h4-9H,1-3H3,(H2,14,15). The van der Waals surface area contributed by atoms with Gasteiger partial charge in [0.05, 0.1) is 4.90 Å². The number of hydrogen-bond acceptors (Lipinski definition) is 5. The third-order valence-corrected chi connectivity index (χ3v) is 5.35. The lowest BCUT2D eigenvalue weighted by Gasteiger charge is -2.34. The van der Waals surface area contributed by atoms with Gasteiger partial charge >= 0.3 is 0 Å². The molecule has 0 saturated carbocycles.